The van der Waals surface area contributed by atoms with Gasteiger partial charge in [-0.05, 0) is 12.6 Å². The lowest BCUT2D eigenvalue weighted by atomic mass is 10.2. The van der Waals surface area contributed by atoms with E-state index in [4.69, 9.17) is 21.6 Å². The molecule has 19 heavy (non-hydrogen) atoms. The Morgan fingerprint density at radius 2 is 2.37 bits per heavy atom. The first-order chi connectivity index (χ1) is 9.08. The number of ether oxygens (including phenoxy) is 1. The molecule has 0 saturated heterocycles. The van der Waals surface area contributed by atoms with Gasteiger partial charge in [-0.15, -0.1) is 0 Å². The van der Waals surface area contributed by atoms with Crippen molar-refractivity contribution in [3.8, 4) is 11.8 Å². The summed E-state index contributed by atoms with van der Waals surface area (Å²) in [6.45, 7) is 2.96. The standard InChI is InChI=1S/C12H14ClN3O3/c1-2-15-9(8-14)5-6-19-10-3-4-12(16(17)18)11(13)7-10/h3-4,7,9,15H,2,5-6H2,1H3. The number of hydrogen-bond acceptors (Lipinski definition) is 5. The van der Waals surface area contributed by atoms with Gasteiger partial charge in [-0.25, -0.2) is 0 Å². The van der Waals surface area contributed by atoms with Crippen LogP contribution in [0.2, 0.25) is 5.02 Å². The van der Waals surface area contributed by atoms with Gasteiger partial charge in [0.05, 0.1) is 23.6 Å². The normalized spacial score (nSPS) is 11.6. The number of rotatable bonds is 7. The molecule has 1 atom stereocenters. The van der Waals surface area contributed by atoms with E-state index < -0.39 is 4.92 Å². The number of nitrogens with one attached hydrogen (secondary N) is 1. The van der Waals surface area contributed by atoms with E-state index in [1.54, 1.807) is 0 Å². The molecule has 1 aromatic rings. The van der Waals surface area contributed by atoms with Crippen LogP contribution in [-0.4, -0.2) is 24.1 Å². The molecule has 0 fully saturated rings. The van der Waals surface area contributed by atoms with Crippen molar-refractivity contribution in [3.05, 3.63) is 33.3 Å². The topological polar surface area (TPSA) is 88.2 Å². The molecule has 0 amide bonds. The quantitative estimate of drug-likeness (QED) is 0.613. The predicted octanol–water partition coefficient (Wildman–Crippen LogP) is 2.52. The molecule has 0 heterocycles. The van der Waals surface area contributed by atoms with Gasteiger partial charge in [0.2, 0.25) is 0 Å². The fourth-order valence-corrected chi connectivity index (χ4v) is 1.72. The van der Waals surface area contributed by atoms with Gasteiger partial charge in [0.1, 0.15) is 10.8 Å². The van der Waals surface area contributed by atoms with Crippen LogP contribution >= 0.6 is 11.6 Å². The summed E-state index contributed by atoms with van der Waals surface area (Å²) in [5.41, 5.74) is -0.156. The summed E-state index contributed by atoms with van der Waals surface area (Å²) in [5, 5.41) is 22.4. The van der Waals surface area contributed by atoms with Gasteiger partial charge in [0, 0.05) is 18.6 Å². The second-order valence-electron chi connectivity index (χ2n) is 3.75. The Morgan fingerprint density at radius 3 is 2.89 bits per heavy atom. The smallest absolute Gasteiger partial charge is 0.288 e. The SMILES string of the molecule is CCNC(C#N)CCOc1ccc([N+](=O)[O-])c(Cl)c1. The summed E-state index contributed by atoms with van der Waals surface area (Å²) >= 11 is 5.76. The Kier molecular flexibility index (Phi) is 6.06. The van der Waals surface area contributed by atoms with Crippen LogP contribution in [0.4, 0.5) is 5.69 Å². The second kappa shape index (κ2) is 7.56. The van der Waals surface area contributed by atoms with Crippen molar-refractivity contribution >= 4 is 17.3 Å². The molecule has 1 rings (SSSR count). The van der Waals surface area contributed by atoms with Gasteiger partial charge in [-0.1, -0.05) is 18.5 Å². The van der Waals surface area contributed by atoms with Crippen LogP contribution < -0.4 is 10.1 Å². The summed E-state index contributed by atoms with van der Waals surface area (Å²) in [6, 6.07) is 6.03. The fraction of sp³-hybridized carbons (Fsp3) is 0.417. The van der Waals surface area contributed by atoms with Crippen molar-refractivity contribution < 1.29 is 9.66 Å². The summed E-state index contributed by atoms with van der Waals surface area (Å²) in [4.78, 5) is 10.0. The first-order valence-electron chi connectivity index (χ1n) is 5.78. The predicted molar refractivity (Wildman–Crippen MR) is 71.3 cm³/mol. The van der Waals surface area contributed by atoms with Crippen molar-refractivity contribution in [2.45, 2.75) is 19.4 Å². The number of nitriles is 1. The van der Waals surface area contributed by atoms with Crippen LogP contribution in [0, 0.1) is 21.4 Å². The lowest BCUT2D eigenvalue weighted by Gasteiger charge is -2.11. The molecule has 0 saturated carbocycles. The number of benzene rings is 1. The zero-order valence-corrected chi connectivity index (χ0v) is 11.2. The van der Waals surface area contributed by atoms with Crippen molar-refractivity contribution in [1.82, 2.24) is 5.32 Å². The van der Waals surface area contributed by atoms with Crippen LogP contribution in [0.5, 0.6) is 5.75 Å². The Hall–Kier alpha value is -1.84. The first kappa shape index (κ1) is 15.2. The van der Waals surface area contributed by atoms with Crippen LogP contribution in [0.25, 0.3) is 0 Å². The Bertz CT molecular complexity index is 488. The fourth-order valence-electron chi connectivity index (χ4n) is 1.48. The molecule has 102 valence electrons. The summed E-state index contributed by atoms with van der Waals surface area (Å²) < 4.78 is 5.40. The molecule has 0 bridgehead atoms. The van der Waals surface area contributed by atoms with Crippen LogP contribution in [0.15, 0.2) is 18.2 Å². The third kappa shape index (κ3) is 4.73. The molecule has 7 heteroatoms. The van der Waals surface area contributed by atoms with E-state index in [0.29, 0.717) is 25.3 Å². The lowest BCUT2D eigenvalue weighted by molar-refractivity contribution is -0.384. The van der Waals surface area contributed by atoms with Gasteiger partial charge >= 0.3 is 0 Å². The van der Waals surface area contributed by atoms with Gasteiger partial charge in [-0.2, -0.15) is 5.26 Å². The maximum absolute atomic E-state index is 10.6. The van der Waals surface area contributed by atoms with Gasteiger partial charge < -0.3 is 10.1 Å². The lowest BCUT2D eigenvalue weighted by Crippen LogP contribution is -2.28. The maximum atomic E-state index is 10.6. The molecule has 0 spiro atoms. The summed E-state index contributed by atoms with van der Waals surface area (Å²) in [7, 11) is 0. The Balaban J connectivity index is 2.53. The zero-order chi connectivity index (χ0) is 14.3. The first-order valence-corrected chi connectivity index (χ1v) is 6.16. The largest absolute Gasteiger partial charge is 0.493 e. The molecule has 0 aliphatic heterocycles. The van der Waals surface area contributed by atoms with Crippen molar-refractivity contribution in [3.63, 3.8) is 0 Å². The molecular formula is C12H14ClN3O3. The highest BCUT2D eigenvalue weighted by molar-refractivity contribution is 6.32. The van der Waals surface area contributed by atoms with Crippen molar-refractivity contribution in [2.75, 3.05) is 13.2 Å². The Labute approximate surface area is 116 Å². The number of nitro benzene ring substituents is 1. The van der Waals surface area contributed by atoms with Gasteiger partial charge in [-0.3, -0.25) is 10.1 Å². The zero-order valence-electron chi connectivity index (χ0n) is 10.4. The molecule has 0 aliphatic rings. The summed E-state index contributed by atoms with van der Waals surface area (Å²) in [5.74, 6) is 0.448. The third-order valence-electron chi connectivity index (χ3n) is 2.40. The average molecular weight is 284 g/mol. The van der Waals surface area contributed by atoms with E-state index in [9.17, 15) is 10.1 Å². The van der Waals surface area contributed by atoms with E-state index in [1.807, 2.05) is 6.92 Å². The van der Waals surface area contributed by atoms with Crippen molar-refractivity contribution in [1.29, 1.82) is 5.26 Å². The van der Waals surface area contributed by atoms with Crippen molar-refractivity contribution in [2.24, 2.45) is 0 Å². The van der Waals surface area contributed by atoms with E-state index in [-0.39, 0.29) is 16.8 Å². The highest BCUT2D eigenvalue weighted by Crippen LogP contribution is 2.28. The number of nitrogens with zero attached hydrogens (tertiary/aromatic N) is 2. The molecule has 0 aromatic heterocycles. The number of halogens is 1. The number of hydrogen-bond donors (Lipinski definition) is 1. The van der Waals surface area contributed by atoms with E-state index >= 15 is 0 Å². The molecule has 0 aliphatic carbocycles. The minimum Gasteiger partial charge on any atom is -0.493 e. The van der Waals surface area contributed by atoms with E-state index in [0.717, 1.165) is 0 Å². The average Bonchev–Trinajstić information content (AvgIpc) is 2.37. The van der Waals surface area contributed by atoms with Crippen LogP contribution in [-0.2, 0) is 0 Å². The third-order valence-corrected chi connectivity index (χ3v) is 2.70. The van der Waals surface area contributed by atoms with E-state index in [2.05, 4.69) is 11.4 Å². The Morgan fingerprint density at radius 1 is 1.63 bits per heavy atom. The molecule has 1 aromatic carbocycles. The monoisotopic (exact) mass is 283 g/mol. The number of nitro groups is 1. The maximum Gasteiger partial charge on any atom is 0.288 e. The highest BCUT2D eigenvalue weighted by Gasteiger charge is 2.13. The molecule has 1 unspecified atom stereocenters. The molecular weight excluding hydrogens is 270 g/mol. The van der Waals surface area contributed by atoms with Crippen LogP contribution in [0.3, 0.4) is 0 Å². The highest BCUT2D eigenvalue weighted by atomic mass is 35.5. The summed E-state index contributed by atoms with van der Waals surface area (Å²) in [6.07, 6.45) is 0.527. The minimum atomic E-state index is -0.553. The molecule has 6 nitrogen and oxygen atoms in total. The molecule has 0 radical (unpaired) electrons. The molecule has 1 N–H and O–H groups in total. The van der Waals surface area contributed by atoms with Gasteiger partial charge in [0.25, 0.3) is 5.69 Å². The van der Waals surface area contributed by atoms with E-state index in [1.165, 1.54) is 18.2 Å². The second-order valence-corrected chi connectivity index (χ2v) is 4.15. The minimum absolute atomic E-state index is 0.0333. The van der Waals surface area contributed by atoms with Gasteiger partial charge in [0.15, 0.2) is 0 Å². The van der Waals surface area contributed by atoms with Crippen LogP contribution in [0.1, 0.15) is 13.3 Å².